The van der Waals surface area contributed by atoms with Crippen LogP contribution < -0.4 is 0 Å². The highest BCUT2D eigenvalue weighted by molar-refractivity contribution is 7.15. The maximum atomic E-state index is 9.37. The monoisotopic (exact) mass is 229 g/mol. The van der Waals surface area contributed by atoms with Crippen LogP contribution in [-0.4, -0.2) is 10.1 Å². The van der Waals surface area contributed by atoms with Gasteiger partial charge in [-0.15, -0.1) is 11.3 Å². The van der Waals surface area contributed by atoms with Crippen molar-refractivity contribution >= 4 is 22.2 Å². The molecule has 2 N–H and O–H groups in total. The van der Waals surface area contributed by atoms with Crippen LogP contribution in [0.15, 0.2) is 36.4 Å². The van der Waals surface area contributed by atoms with Crippen LogP contribution in [0.2, 0.25) is 0 Å². The van der Waals surface area contributed by atoms with E-state index in [0.717, 1.165) is 10.9 Å². The third-order valence-corrected chi connectivity index (χ3v) is 3.68. The van der Waals surface area contributed by atoms with Gasteiger partial charge in [-0.05, 0) is 30.7 Å². The number of benzene rings is 1. The van der Waals surface area contributed by atoms with Crippen molar-refractivity contribution in [2.45, 2.75) is 6.92 Å². The minimum Gasteiger partial charge on any atom is -0.495 e. The van der Waals surface area contributed by atoms with Gasteiger partial charge in [-0.2, -0.15) is 0 Å². The normalized spacial score (nSPS) is 11.1. The van der Waals surface area contributed by atoms with E-state index in [4.69, 9.17) is 0 Å². The lowest BCUT2D eigenvalue weighted by Crippen LogP contribution is -1.72. The summed E-state index contributed by atoms with van der Waals surface area (Å²) in [6, 6.07) is 12.2. The number of fused-ring (bicyclic) bond motifs is 1. The van der Waals surface area contributed by atoms with Crippen LogP contribution in [-0.2, 0) is 0 Å². The Balaban J connectivity index is 2.17. The number of H-pyrrole nitrogens is 1. The Kier molecular flexibility index (Phi) is 2.01. The quantitative estimate of drug-likeness (QED) is 0.652. The van der Waals surface area contributed by atoms with Crippen LogP contribution in [0.3, 0.4) is 0 Å². The van der Waals surface area contributed by atoms with E-state index in [1.807, 2.05) is 6.07 Å². The number of nitrogens with one attached hydrogen (secondary N) is 1. The van der Waals surface area contributed by atoms with Gasteiger partial charge >= 0.3 is 0 Å². The first kappa shape index (κ1) is 9.48. The highest BCUT2D eigenvalue weighted by Crippen LogP contribution is 2.30. The predicted molar refractivity (Wildman–Crippen MR) is 68.0 cm³/mol. The molecule has 2 aromatic heterocycles. The maximum absolute atomic E-state index is 9.37. The number of rotatable bonds is 1. The average molecular weight is 229 g/mol. The summed E-state index contributed by atoms with van der Waals surface area (Å²) in [7, 11) is 0. The molecule has 0 amide bonds. The number of aromatic amines is 1. The van der Waals surface area contributed by atoms with Gasteiger partial charge < -0.3 is 10.1 Å². The molecular weight excluding hydrogens is 218 g/mol. The second kappa shape index (κ2) is 3.39. The van der Waals surface area contributed by atoms with Gasteiger partial charge in [0.25, 0.3) is 0 Å². The average Bonchev–Trinajstić information content (AvgIpc) is 2.81. The smallest absolute Gasteiger partial charge is 0.189 e. The van der Waals surface area contributed by atoms with Crippen molar-refractivity contribution in [3.63, 3.8) is 0 Å². The van der Waals surface area contributed by atoms with Crippen LogP contribution in [0, 0.1) is 6.92 Å². The highest BCUT2D eigenvalue weighted by atomic mass is 32.1. The standard InChI is InChI=1S/C13H11NOS/c1-8-2-5-12(16-8)10-4-3-9-7-13(15)14-11(9)6-10/h2-7,14-15H,1H3. The molecule has 0 aliphatic rings. The van der Waals surface area contributed by atoms with E-state index in [0.29, 0.717) is 0 Å². The van der Waals surface area contributed by atoms with Crippen LogP contribution in [0.4, 0.5) is 0 Å². The summed E-state index contributed by atoms with van der Waals surface area (Å²) in [4.78, 5) is 5.50. The lowest BCUT2D eigenvalue weighted by Gasteiger charge is -1.97. The van der Waals surface area contributed by atoms with E-state index < -0.39 is 0 Å². The van der Waals surface area contributed by atoms with Crippen LogP contribution in [0.5, 0.6) is 5.88 Å². The Morgan fingerprint density at radius 1 is 1.12 bits per heavy atom. The molecule has 0 aliphatic carbocycles. The Labute approximate surface area is 97.2 Å². The zero-order valence-electron chi connectivity index (χ0n) is 8.82. The maximum Gasteiger partial charge on any atom is 0.189 e. The first-order valence-electron chi connectivity index (χ1n) is 5.11. The van der Waals surface area contributed by atoms with E-state index in [9.17, 15) is 5.11 Å². The fraction of sp³-hybridized carbons (Fsp3) is 0.0769. The topological polar surface area (TPSA) is 36.0 Å². The molecule has 3 heteroatoms. The zero-order chi connectivity index (χ0) is 11.1. The second-order valence-electron chi connectivity index (χ2n) is 3.87. The third-order valence-electron chi connectivity index (χ3n) is 2.63. The van der Waals surface area contributed by atoms with Crippen LogP contribution in [0.1, 0.15) is 4.88 Å². The lowest BCUT2D eigenvalue weighted by atomic mass is 10.1. The largest absolute Gasteiger partial charge is 0.495 e. The Bertz CT molecular complexity index is 651. The molecule has 2 nitrogen and oxygen atoms in total. The molecule has 0 atom stereocenters. The summed E-state index contributed by atoms with van der Waals surface area (Å²) >= 11 is 1.78. The second-order valence-corrected chi connectivity index (χ2v) is 5.15. The molecule has 0 spiro atoms. The van der Waals surface area contributed by atoms with Gasteiger partial charge in [-0.3, -0.25) is 0 Å². The van der Waals surface area contributed by atoms with Crippen molar-refractivity contribution in [1.82, 2.24) is 4.98 Å². The molecule has 3 rings (SSSR count). The Hall–Kier alpha value is -1.74. The van der Waals surface area contributed by atoms with E-state index in [1.165, 1.54) is 15.3 Å². The molecule has 1 aromatic carbocycles. The van der Waals surface area contributed by atoms with E-state index in [1.54, 1.807) is 17.4 Å². The molecule has 0 unspecified atom stereocenters. The van der Waals surface area contributed by atoms with E-state index in [-0.39, 0.29) is 5.88 Å². The number of hydrogen-bond acceptors (Lipinski definition) is 2. The number of hydrogen-bond donors (Lipinski definition) is 2. The van der Waals surface area contributed by atoms with E-state index >= 15 is 0 Å². The Morgan fingerprint density at radius 2 is 2.00 bits per heavy atom. The number of aromatic nitrogens is 1. The van der Waals surface area contributed by atoms with Gasteiger partial charge in [0.1, 0.15) is 0 Å². The van der Waals surface area contributed by atoms with Crippen LogP contribution in [0.25, 0.3) is 21.3 Å². The number of aryl methyl sites for hydroxylation is 1. The summed E-state index contributed by atoms with van der Waals surface area (Å²) in [5.74, 6) is 0.217. The number of aromatic hydroxyl groups is 1. The third kappa shape index (κ3) is 1.49. The molecule has 2 heterocycles. The molecular formula is C13H11NOS. The highest BCUT2D eigenvalue weighted by Gasteiger charge is 2.04. The van der Waals surface area contributed by atoms with Gasteiger partial charge in [0.15, 0.2) is 5.88 Å². The van der Waals surface area contributed by atoms with Crippen molar-refractivity contribution in [3.05, 3.63) is 41.3 Å². The van der Waals surface area contributed by atoms with Crippen molar-refractivity contribution < 1.29 is 5.11 Å². The summed E-state index contributed by atoms with van der Waals surface area (Å²) in [6.45, 7) is 2.10. The fourth-order valence-electron chi connectivity index (χ4n) is 1.85. The van der Waals surface area contributed by atoms with Gasteiger partial charge in [-0.1, -0.05) is 12.1 Å². The number of thiophene rings is 1. The van der Waals surface area contributed by atoms with Crippen molar-refractivity contribution in [2.75, 3.05) is 0 Å². The van der Waals surface area contributed by atoms with Gasteiger partial charge in [0.2, 0.25) is 0 Å². The van der Waals surface area contributed by atoms with Crippen molar-refractivity contribution in [1.29, 1.82) is 0 Å². The fourth-order valence-corrected chi connectivity index (χ4v) is 2.72. The molecule has 0 radical (unpaired) electrons. The predicted octanol–water partition coefficient (Wildman–Crippen LogP) is 3.91. The first-order chi connectivity index (χ1) is 7.72. The van der Waals surface area contributed by atoms with Crippen LogP contribution >= 0.6 is 11.3 Å². The molecule has 0 saturated carbocycles. The molecule has 3 aromatic rings. The molecule has 0 bridgehead atoms. The first-order valence-corrected chi connectivity index (χ1v) is 5.92. The summed E-state index contributed by atoms with van der Waals surface area (Å²) < 4.78 is 0. The van der Waals surface area contributed by atoms with Gasteiger partial charge in [0, 0.05) is 26.7 Å². The van der Waals surface area contributed by atoms with E-state index in [2.05, 4.69) is 36.2 Å². The Morgan fingerprint density at radius 3 is 2.75 bits per heavy atom. The minimum atomic E-state index is 0.217. The summed E-state index contributed by atoms with van der Waals surface area (Å²) in [5.41, 5.74) is 2.16. The van der Waals surface area contributed by atoms with Crippen molar-refractivity contribution in [2.24, 2.45) is 0 Å². The summed E-state index contributed by atoms with van der Waals surface area (Å²) in [6.07, 6.45) is 0. The van der Waals surface area contributed by atoms with Gasteiger partial charge in [0.05, 0.1) is 0 Å². The molecule has 80 valence electrons. The lowest BCUT2D eigenvalue weighted by molar-refractivity contribution is 0.458. The molecule has 16 heavy (non-hydrogen) atoms. The summed E-state index contributed by atoms with van der Waals surface area (Å²) in [5, 5.41) is 10.4. The molecule has 0 saturated heterocycles. The van der Waals surface area contributed by atoms with Crippen molar-refractivity contribution in [3.8, 4) is 16.3 Å². The molecule has 0 fully saturated rings. The molecule has 0 aliphatic heterocycles. The zero-order valence-corrected chi connectivity index (χ0v) is 9.64. The van der Waals surface area contributed by atoms with Gasteiger partial charge in [-0.25, -0.2) is 0 Å². The minimum absolute atomic E-state index is 0.217. The SMILES string of the molecule is Cc1ccc(-c2ccc3cc(O)[nH]c3c2)s1.